The molecule has 5 aromatic rings. The van der Waals surface area contributed by atoms with Gasteiger partial charge in [-0.15, -0.1) is 10.2 Å². The summed E-state index contributed by atoms with van der Waals surface area (Å²) >= 11 is 0. The Morgan fingerprint density at radius 3 is 2.55 bits per heavy atom. The molecule has 0 fully saturated rings. The van der Waals surface area contributed by atoms with E-state index in [-0.39, 0.29) is 28.1 Å². The van der Waals surface area contributed by atoms with Crippen LogP contribution in [0.5, 0.6) is 5.75 Å². The zero-order valence-corrected chi connectivity index (χ0v) is 16.0. The molecule has 13 heteroatoms. The number of anilines is 1. The molecule has 0 aliphatic rings. The molecule has 0 unspecified atom stereocenters. The van der Waals surface area contributed by atoms with Crippen LogP contribution in [0.25, 0.3) is 38.7 Å². The van der Waals surface area contributed by atoms with Gasteiger partial charge in [0.15, 0.2) is 28.5 Å². The van der Waals surface area contributed by atoms with Gasteiger partial charge in [0.2, 0.25) is 0 Å². The van der Waals surface area contributed by atoms with E-state index in [4.69, 9.17) is 10.3 Å². The number of para-hydroxylation sites is 1. The normalized spacial score (nSPS) is 12.7. The van der Waals surface area contributed by atoms with Crippen LogP contribution in [0.3, 0.4) is 0 Å². The van der Waals surface area contributed by atoms with Crippen LogP contribution in [0.1, 0.15) is 0 Å². The highest BCUT2D eigenvalue weighted by atomic mass is 32.2. The Balaban J connectivity index is 1.81. The van der Waals surface area contributed by atoms with Crippen molar-refractivity contribution in [2.75, 3.05) is 5.73 Å². The fourth-order valence-electron chi connectivity index (χ4n) is 3.33. The van der Waals surface area contributed by atoms with Crippen LogP contribution in [-0.4, -0.2) is 33.8 Å². The second-order valence-electron chi connectivity index (χ2n) is 6.47. The van der Waals surface area contributed by atoms with Gasteiger partial charge in [0.1, 0.15) is 0 Å². The van der Waals surface area contributed by atoms with E-state index in [1.54, 1.807) is 34.9 Å². The second-order valence-corrected chi connectivity index (χ2v) is 8.01. The SMILES string of the molecule is Nc1noc2cc(-n3c4ccccc4c4c(OS(=O)(=O)C(F)(F)F)cccc43)nnc12. The van der Waals surface area contributed by atoms with Gasteiger partial charge in [-0.25, -0.2) is 0 Å². The highest BCUT2D eigenvalue weighted by Gasteiger charge is 2.48. The highest BCUT2D eigenvalue weighted by molar-refractivity contribution is 7.88. The summed E-state index contributed by atoms with van der Waals surface area (Å²) in [5.41, 5.74) is 1.46. The number of hydrogen-bond acceptors (Lipinski definition) is 8. The van der Waals surface area contributed by atoms with Crippen LogP contribution in [0.2, 0.25) is 0 Å². The van der Waals surface area contributed by atoms with E-state index in [0.717, 1.165) is 6.07 Å². The Morgan fingerprint density at radius 2 is 1.77 bits per heavy atom. The first-order valence-electron chi connectivity index (χ1n) is 8.59. The lowest BCUT2D eigenvalue weighted by Gasteiger charge is -2.11. The number of nitrogens with zero attached hydrogens (tertiary/aromatic N) is 4. The van der Waals surface area contributed by atoms with Crippen molar-refractivity contribution in [1.82, 2.24) is 19.9 Å². The number of halogens is 3. The van der Waals surface area contributed by atoms with E-state index in [1.165, 1.54) is 12.1 Å². The van der Waals surface area contributed by atoms with Crippen molar-refractivity contribution in [1.29, 1.82) is 0 Å². The molecular weight excluding hydrogens is 439 g/mol. The number of rotatable bonds is 3. The number of hydrogen-bond donors (Lipinski definition) is 1. The molecule has 3 aromatic heterocycles. The molecule has 0 bridgehead atoms. The molecule has 2 aromatic carbocycles. The van der Waals surface area contributed by atoms with Crippen LogP contribution in [0.4, 0.5) is 19.0 Å². The van der Waals surface area contributed by atoms with Gasteiger partial charge in [-0.2, -0.15) is 21.6 Å². The fraction of sp³-hybridized carbons (Fsp3) is 0.0556. The van der Waals surface area contributed by atoms with E-state index in [2.05, 4.69) is 19.5 Å². The molecule has 31 heavy (non-hydrogen) atoms. The highest BCUT2D eigenvalue weighted by Crippen LogP contribution is 2.39. The predicted octanol–water partition coefficient (Wildman–Crippen LogP) is 3.53. The molecule has 3 heterocycles. The third-order valence-corrected chi connectivity index (χ3v) is 5.57. The van der Waals surface area contributed by atoms with Gasteiger partial charge < -0.3 is 14.4 Å². The summed E-state index contributed by atoms with van der Waals surface area (Å²) in [5.74, 6) is -0.155. The summed E-state index contributed by atoms with van der Waals surface area (Å²) in [5, 5.41) is 12.3. The van der Waals surface area contributed by atoms with Crippen LogP contribution < -0.4 is 9.92 Å². The first-order valence-corrected chi connectivity index (χ1v) is 10.00. The first-order chi connectivity index (χ1) is 14.7. The fourth-order valence-corrected chi connectivity index (χ4v) is 3.80. The molecule has 2 N–H and O–H groups in total. The quantitative estimate of drug-likeness (QED) is 0.328. The van der Waals surface area contributed by atoms with E-state index in [9.17, 15) is 21.6 Å². The summed E-state index contributed by atoms with van der Waals surface area (Å²) in [6.07, 6.45) is 0. The Hall–Kier alpha value is -3.87. The zero-order chi connectivity index (χ0) is 22.0. The van der Waals surface area contributed by atoms with Crippen LogP contribution in [-0.2, 0) is 10.1 Å². The molecule has 0 amide bonds. The third kappa shape index (κ3) is 2.84. The Bertz CT molecular complexity index is 1590. The number of aromatic nitrogens is 4. The van der Waals surface area contributed by atoms with Gasteiger partial charge in [0, 0.05) is 11.5 Å². The lowest BCUT2D eigenvalue weighted by molar-refractivity contribution is -0.0499. The molecule has 0 saturated heterocycles. The number of nitrogen functional groups attached to an aromatic ring is 1. The third-order valence-electron chi connectivity index (χ3n) is 4.60. The Kier molecular flexibility index (Phi) is 3.89. The van der Waals surface area contributed by atoms with Crippen LogP contribution >= 0.6 is 0 Å². The molecule has 0 radical (unpaired) electrons. The minimum absolute atomic E-state index is 0.0596. The van der Waals surface area contributed by atoms with E-state index in [0.29, 0.717) is 16.4 Å². The van der Waals surface area contributed by atoms with E-state index < -0.39 is 21.4 Å². The average molecular weight is 449 g/mol. The minimum atomic E-state index is -5.87. The van der Waals surface area contributed by atoms with Gasteiger partial charge in [-0.1, -0.05) is 29.4 Å². The second kappa shape index (κ2) is 6.31. The molecule has 158 valence electrons. The zero-order valence-electron chi connectivity index (χ0n) is 15.2. The van der Waals surface area contributed by atoms with Crippen LogP contribution in [0.15, 0.2) is 53.1 Å². The van der Waals surface area contributed by atoms with Crippen molar-refractivity contribution in [3.05, 3.63) is 48.5 Å². The smallest absolute Gasteiger partial charge is 0.379 e. The molecule has 0 aliphatic heterocycles. The van der Waals surface area contributed by atoms with Gasteiger partial charge in [0.25, 0.3) is 0 Å². The van der Waals surface area contributed by atoms with Crippen molar-refractivity contribution >= 4 is 48.8 Å². The Labute approximate surface area is 170 Å². The topological polar surface area (TPSA) is 126 Å². The maximum Gasteiger partial charge on any atom is 0.534 e. The standard InChI is InChI=1S/C18H10F3N5O4S/c19-18(20,21)31(27,28)30-12-7-3-6-11-15(12)9-4-1-2-5-10(9)26(11)14-8-13-16(24-23-14)17(22)25-29-13/h1-8H,(H2,22,25). The maximum atomic E-state index is 12.9. The van der Waals surface area contributed by atoms with Gasteiger partial charge in [-0.3, -0.25) is 4.57 Å². The van der Waals surface area contributed by atoms with Crippen molar-refractivity contribution in [3.63, 3.8) is 0 Å². The average Bonchev–Trinajstić information content (AvgIpc) is 3.25. The summed E-state index contributed by atoms with van der Waals surface area (Å²) in [6.45, 7) is 0. The molecule has 9 nitrogen and oxygen atoms in total. The molecule has 0 aliphatic carbocycles. The largest absolute Gasteiger partial charge is 0.534 e. The van der Waals surface area contributed by atoms with Gasteiger partial charge in [-0.05, 0) is 18.2 Å². The van der Waals surface area contributed by atoms with E-state index >= 15 is 0 Å². The predicted molar refractivity (Wildman–Crippen MR) is 104 cm³/mol. The molecule has 5 rings (SSSR count). The lowest BCUT2D eigenvalue weighted by atomic mass is 10.1. The summed E-state index contributed by atoms with van der Waals surface area (Å²) in [7, 11) is -5.87. The number of benzene rings is 2. The summed E-state index contributed by atoms with van der Waals surface area (Å²) in [6, 6.07) is 12.3. The summed E-state index contributed by atoms with van der Waals surface area (Å²) in [4.78, 5) is 0. The number of fused-ring (bicyclic) bond motifs is 4. The lowest BCUT2D eigenvalue weighted by Crippen LogP contribution is -2.28. The van der Waals surface area contributed by atoms with Gasteiger partial charge in [0.05, 0.1) is 16.4 Å². The molecule has 0 saturated carbocycles. The molecular formula is C18H10F3N5O4S. The maximum absolute atomic E-state index is 12.9. The first kappa shape index (κ1) is 19.1. The molecule has 0 atom stereocenters. The van der Waals surface area contributed by atoms with Crippen molar-refractivity contribution in [2.24, 2.45) is 0 Å². The number of nitrogens with two attached hydrogens (primary N) is 1. The number of alkyl halides is 3. The van der Waals surface area contributed by atoms with Crippen molar-refractivity contribution in [3.8, 4) is 11.6 Å². The van der Waals surface area contributed by atoms with Crippen molar-refractivity contribution in [2.45, 2.75) is 5.51 Å². The minimum Gasteiger partial charge on any atom is -0.379 e. The Morgan fingerprint density at radius 1 is 1.03 bits per heavy atom. The van der Waals surface area contributed by atoms with Crippen molar-refractivity contribution < 1.29 is 30.3 Å². The van der Waals surface area contributed by atoms with Gasteiger partial charge >= 0.3 is 15.6 Å². The molecule has 0 spiro atoms. The van der Waals surface area contributed by atoms with Crippen LogP contribution in [0, 0.1) is 0 Å². The summed E-state index contributed by atoms with van der Waals surface area (Å²) < 4.78 is 73.1. The monoisotopic (exact) mass is 449 g/mol. The van der Waals surface area contributed by atoms with E-state index in [1.807, 2.05) is 0 Å².